The molecule has 0 spiro atoms. The lowest BCUT2D eigenvalue weighted by molar-refractivity contribution is 0.158. The van der Waals surface area contributed by atoms with Crippen LogP contribution < -0.4 is 0 Å². The highest BCUT2D eigenvalue weighted by atomic mass is 32.2. The van der Waals surface area contributed by atoms with Crippen LogP contribution in [0.3, 0.4) is 0 Å². The maximum absolute atomic E-state index is 12.4. The third kappa shape index (κ3) is 3.79. The lowest BCUT2D eigenvalue weighted by Gasteiger charge is -2.35. The lowest BCUT2D eigenvalue weighted by Crippen LogP contribution is -2.52. The van der Waals surface area contributed by atoms with Crippen molar-refractivity contribution in [1.29, 1.82) is 0 Å². The van der Waals surface area contributed by atoms with Gasteiger partial charge in [0.05, 0.1) is 6.54 Å². The number of aromatic nitrogens is 2. The molecule has 120 valence electrons. The predicted octanol–water partition coefficient (Wildman–Crippen LogP) is 0.0822. The Bertz CT molecular complexity index is 547. The zero-order valence-electron chi connectivity index (χ0n) is 12.8. The first-order chi connectivity index (χ1) is 9.97. The summed E-state index contributed by atoms with van der Waals surface area (Å²) in [5.41, 5.74) is 0. The Morgan fingerprint density at radius 1 is 1.19 bits per heavy atom. The van der Waals surface area contributed by atoms with Crippen LogP contribution in [-0.2, 0) is 16.8 Å². The van der Waals surface area contributed by atoms with E-state index in [4.69, 9.17) is 4.52 Å². The smallest absolute Gasteiger partial charge is 0.282 e. The minimum atomic E-state index is -3.33. The first-order valence-electron chi connectivity index (χ1n) is 7.24. The molecular formula is C12H23N5O3S. The van der Waals surface area contributed by atoms with E-state index in [9.17, 15) is 8.42 Å². The third-order valence-corrected chi connectivity index (χ3v) is 5.80. The number of hydrogen-bond donors (Lipinski definition) is 0. The maximum atomic E-state index is 12.4. The summed E-state index contributed by atoms with van der Waals surface area (Å²) in [6, 6.07) is 0. The van der Waals surface area contributed by atoms with E-state index in [-0.39, 0.29) is 0 Å². The van der Waals surface area contributed by atoms with E-state index >= 15 is 0 Å². The van der Waals surface area contributed by atoms with E-state index in [0.717, 1.165) is 0 Å². The highest BCUT2D eigenvalue weighted by Gasteiger charge is 2.31. The van der Waals surface area contributed by atoms with Crippen LogP contribution in [0.2, 0.25) is 0 Å². The second-order valence-electron chi connectivity index (χ2n) is 5.00. The minimum Gasteiger partial charge on any atom is -0.338 e. The van der Waals surface area contributed by atoms with Crippen molar-refractivity contribution in [3.63, 3.8) is 0 Å². The van der Waals surface area contributed by atoms with Gasteiger partial charge < -0.3 is 4.52 Å². The molecule has 0 N–H and O–H groups in total. The molecule has 0 bridgehead atoms. The SMILES string of the molecule is CCN(CC)S(=O)(=O)N1CCN(Cc2nc(C)no2)CC1. The first-order valence-corrected chi connectivity index (χ1v) is 8.63. The van der Waals surface area contributed by atoms with Crippen molar-refractivity contribution in [3.05, 3.63) is 11.7 Å². The van der Waals surface area contributed by atoms with Crippen LogP contribution in [0.5, 0.6) is 0 Å². The molecule has 0 aromatic carbocycles. The van der Waals surface area contributed by atoms with Gasteiger partial charge in [0.15, 0.2) is 5.82 Å². The van der Waals surface area contributed by atoms with Gasteiger partial charge in [-0.15, -0.1) is 0 Å². The number of nitrogens with zero attached hydrogens (tertiary/aromatic N) is 5. The van der Waals surface area contributed by atoms with Crippen LogP contribution in [0, 0.1) is 6.92 Å². The molecule has 1 aliphatic heterocycles. The van der Waals surface area contributed by atoms with E-state index in [1.54, 1.807) is 11.2 Å². The Hall–Kier alpha value is -1.03. The zero-order chi connectivity index (χ0) is 15.5. The summed E-state index contributed by atoms with van der Waals surface area (Å²) in [5.74, 6) is 1.19. The molecule has 0 amide bonds. The molecule has 9 heteroatoms. The number of hydrogen-bond acceptors (Lipinski definition) is 6. The summed E-state index contributed by atoms with van der Waals surface area (Å²) in [5, 5.41) is 3.76. The van der Waals surface area contributed by atoms with Gasteiger partial charge in [0.2, 0.25) is 5.89 Å². The Kier molecular flexibility index (Phi) is 5.31. The van der Waals surface area contributed by atoms with E-state index in [1.807, 2.05) is 13.8 Å². The minimum absolute atomic E-state index is 0.492. The fourth-order valence-electron chi connectivity index (χ4n) is 2.43. The quantitative estimate of drug-likeness (QED) is 0.739. The molecule has 1 aromatic heterocycles. The van der Waals surface area contributed by atoms with Gasteiger partial charge in [-0.2, -0.15) is 22.0 Å². The molecule has 0 radical (unpaired) electrons. The second-order valence-corrected chi connectivity index (χ2v) is 6.93. The molecule has 1 aliphatic rings. The summed E-state index contributed by atoms with van der Waals surface area (Å²) < 4.78 is 32.9. The van der Waals surface area contributed by atoms with Crippen LogP contribution in [0.25, 0.3) is 0 Å². The third-order valence-electron chi connectivity index (χ3n) is 3.62. The Labute approximate surface area is 125 Å². The molecule has 1 saturated heterocycles. The molecular weight excluding hydrogens is 294 g/mol. The molecule has 2 rings (SSSR count). The van der Waals surface area contributed by atoms with E-state index in [2.05, 4.69) is 15.0 Å². The van der Waals surface area contributed by atoms with Crippen molar-refractivity contribution in [1.82, 2.24) is 23.7 Å². The Balaban J connectivity index is 1.91. The summed E-state index contributed by atoms with van der Waals surface area (Å²) in [7, 11) is -3.33. The van der Waals surface area contributed by atoms with Crippen LogP contribution in [-0.4, -0.2) is 71.3 Å². The normalized spacial score (nSPS) is 18.5. The van der Waals surface area contributed by atoms with Crippen molar-refractivity contribution < 1.29 is 12.9 Å². The highest BCUT2D eigenvalue weighted by Crippen LogP contribution is 2.13. The highest BCUT2D eigenvalue weighted by molar-refractivity contribution is 7.86. The van der Waals surface area contributed by atoms with E-state index in [0.29, 0.717) is 57.5 Å². The topological polar surface area (TPSA) is 82.8 Å². The molecule has 0 unspecified atom stereocenters. The first kappa shape index (κ1) is 16.3. The number of aryl methyl sites for hydroxylation is 1. The number of rotatable bonds is 6. The van der Waals surface area contributed by atoms with Crippen molar-refractivity contribution in [2.75, 3.05) is 39.3 Å². The van der Waals surface area contributed by atoms with Gasteiger partial charge >= 0.3 is 0 Å². The molecule has 0 aliphatic carbocycles. The fraction of sp³-hybridized carbons (Fsp3) is 0.833. The van der Waals surface area contributed by atoms with Crippen molar-refractivity contribution in [2.45, 2.75) is 27.3 Å². The fourth-order valence-corrected chi connectivity index (χ4v) is 4.03. The molecule has 1 aromatic rings. The van der Waals surface area contributed by atoms with Gasteiger partial charge in [0, 0.05) is 39.3 Å². The van der Waals surface area contributed by atoms with Crippen LogP contribution >= 0.6 is 0 Å². The van der Waals surface area contributed by atoms with Gasteiger partial charge in [-0.3, -0.25) is 4.90 Å². The monoisotopic (exact) mass is 317 g/mol. The molecule has 8 nitrogen and oxygen atoms in total. The van der Waals surface area contributed by atoms with Crippen LogP contribution in [0.15, 0.2) is 4.52 Å². The maximum Gasteiger partial charge on any atom is 0.282 e. The van der Waals surface area contributed by atoms with Crippen LogP contribution in [0.1, 0.15) is 25.6 Å². The second kappa shape index (κ2) is 6.82. The van der Waals surface area contributed by atoms with Gasteiger partial charge in [0.25, 0.3) is 10.2 Å². The molecule has 0 saturated carbocycles. The summed E-state index contributed by atoms with van der Waals surface area (Å²) >= 11 is 0. The van der Waals surface area contributed by atoms with Crippen molar-refractivity contribution >= 4 is 10.2 Å². The van der Waals surface area contributed by atoms with E-state index < -0.39 is 10.2 Å². The Morgan fingerprint density at radius 2 is 1.81 bits per heavy atom. The van der Waals surface area contributed by atoms with Crippen molar-refractivity contribution in [2.24, 2.45) is 0 Å². The molecule has 21 heavy (non-hydrogen) atoms. The van der Waals surface area contributed by atoms with Gasteiger partial charge in [-0.1, -0.05) is 19.0 Å². The molecule has 1 fully saturated rings. The molecule has 0 atom stereocenters. The van der Waals surface area contributed by atoms with E-state index in [1.165, 1.54) is 4.31 Å². The lowest BCUT2D eigenvalue weighted by atomic mass is 10.3. The zero-order valence-corrected chi connectivity index (χ0v) is 13.6. The summed E-state index contributed by atoms with van der Waals surface area (Å²) in [6.45, 7) is 9.38. The Morgan fingerprint density at radius 3 is 2.29 bits per heavy atom. The van der Waals surface area contributed by atoms with Gasteiger partial charge in [0.1, 0.15) is 0 Å². The summed E-state index contributed by atoms with van der Waals surface area (Å²) in [4.78, 5) is 6.29. The van der Waals surface area contributed by atoms with Crippen molar-refractivity contribution in [3.8, 4) is 0 Å². The van der Waals surface area contributed by atoms with Gasteiger partial charge in [-0.25, -0.2) is 0 Å². The predicted molar refractivity (Wildman–Crippen MR) is 77.7 cm³/mol. The number of piperazine rings is 1. The van der Waals surface area contributed by atoms with Crippen LogP contribution in [0.4, 0.5) is 0 Å². The average Bonchev–Trinajstić information content (AvgIpc) is 2.86. The average molecular weight is 317 g/mol. The largest absolute Gasteiger partial charge is 0.338 e. The standard InChI is InChI=1S/C12H23N5O3S/c1-4-16(5-2)21(18,19)17-8-6-15(7-9-17)10-12-13-11(3)14-20-12/h4-10H2,1-3H3. The molecule has 2 heterocycles. The van der Waals surface area contributed by atoms with Gasteiger partial charge in [-0.05, 0) is 6.92 Å². The summed E-state index contributed by atoms with van der Waals surface area (Å²) in [6.07, 6.45) is 0.